The van der Waals surface area contributed by atoms with E-state index >= 15 is 0 Å². The van der Waals surface area contributed by atoms with Gasteiger partial charge in [0.2, 0.25) is 11.8 Å². The molecule has 1 aliphatic rings. The lowest BCUT2D eigenvalue weighted by atomic mass is 9.98. The van der Waals surface area contributed by atoms with Crippen LogP contribution in [0.5, 0.6) is 0 Å². The van der Waals surface area contributed by atoms with E-state index in [4.69, 9.17) is 0 Å². The number of amides is 2. The second kappa shape index (κ2) is 5.48. The lowest BCUT2D eigenvalue weighted by molar-refractivity contribution is -0.126. The van der Waals surface area contributed by atoms with Crippen LogP contribution >= 0.6 is 15.9 Å². The summed E-state index contributed by atoms with van der Waals surface area (Å²) in [7, 11) is 0. The topological polar surface area (TPSA) is 71.1 Å². The van der Waals surface area contributed by atoms with Crippen molar-refractivity contribution in [1.82, 2.24) is 10.3 Å². The van der Waals surface area contributed by atoms with E-state index < -0.39 is 0 Å². The number of pyridine rings is 1. The zero-order valence-electron chi connectivity index (χ0n) is 10.00. The highest BCUT2D eigenvalue weighted by Crippen LogP contribution is 2.19. The zero-order chi connectivity index (χ0) is 13.1. The van der Waals surface area contributed by atoms with Crippen molar-refractivity contribution < 1.29 is 9.59 Å². The van der Waals surface area contributed by atoms with Crippen LogP contribution in [0.3, 0.4) is 0 Å². The smallest absolute Gasteiger partial charge is 0.230 e. The summed E-state index contributed by atoms with van der Waals surface area (Å²) in [5, 5.41) is 5.49. The minimum Gasteiger partial charge on any atom is -0.355 e. The number of carbonyl (C=O) groups excluding carboxylic acids is 2. The summed E-state index contributed by atoms with van der Waals surface area (Å²) in [4.78, 5) is 27.2. The van der Waals surface area contributed by atoms with E-state index in [-0.39, 0.29) is 17.7 Å². The van der Waals surface area contributed by atoms with Gasteiger partial charge in [0, 0.05) is 23.6 Å². The largest absolute Gasteiger partial charge is 0.355 e. The summed E-state index contributed by atoms with van der Waals surface area (Å²) in [6.45, 7) is 2.29. The zero-order valence-corrected chi connectivity index (χ0v) is 11.6. The summed E-state index contributed by atoms with van der Waals surface area (Å²) in [6.07, 6.45) is 2.64. The Morgan fingerprint density at radius 2 is 2.39 bits per heavy atom. The van der Waals surface area contributed by atoms with Crippen LogP contribution in [-0.4, -0.2) is 23.3 Å². The van der Waals surface area contributed by atoms with E-state index in [1.807, 2.05) is 13.0 Å². The van der Waals surface area contributed by atoms with Gasteiger partial charge < -0.3 is 10.6 Å². The first-order valence-electron chi connectivity index (χ1n) is 5.76. The van der Waals surface area contributed by atoms with Gasteiger partial charge in [-0.05, 0) is 40.9 Å². The normalized spacial score (nSPS) is 19.2. The molecule has 1 saturated heterocycles. The third kappa shape index (κ3) is 3.07. The first-order chi connectivity index (χ1) is 8.56. The van der Waals surface area contributed by atoms with Crippen molar-refractivity contribution in [3.63, 3.8) is 0 Å². The van der Waals surface area contributed by atoms with E-state index in [2.05, 4.69) is 31.5 Å². The van der Waals surface area contributed by atoms with Crippen molar-refractivity contribution in [2.45, 2.75) is 19.8 Å². The predicted octanol–water partition coefficient (Wildman–Crippen LogP) is 1.62. The van der Waals surface area contributed by atoms with Crippen molar-refractivity contribution >= 4 is 33.6 Å². The fourth-order valence-corrected chi connectivity index (χ4v) is 2.29. The number of nitrogens with one attached hydrogen (secondary N) is 2. The molecule has 1 aliphatic heterocycles. The molecule has 96 valence electrons. The van der Waals surface area contributed by atoms with E-state index in [1.54, 1.807) is 6.20 Å². The van der Waals surface area contributed by atoms with Gasteiger partial charge in [0.1, 0.15) is 5.82 Å². The number of hydrogen-bond donors (Lipinski definition) is 2. The quantitative estimate of drug-likeness (QED) is 0.872. The van der Waals surface area contributed by atoms with Crippen molar-refractivity contribution in [2.24, 2.45) is 5.92 Å². The number of nitrogens with zero attached hydrogens (tertiary/aromatic N) is 1. The number of anilines is 1. The van der Waals surface area contributed by atoms with Gasteiger partial charge in [-0.2, -0.15) is 0 Å². The average molecular weight is 312 g/mol. The molecule has 6 heteroatoms. The van der Waals surface area contributed by atoms with Crippen molar-refractivity contribution in [3.05, 3.63) is 22.3 Å². The number of aromatic nitrogens is 1. The molecule has 0 saturated carbocycles. The highest BCUT2D eigenvalue weighted by molar-refractivity contribution is 9.10. The van der Waals surface area contributed by atoms with Crippen LogP contribution < -0.4 is 10.6 Å². The van der Waals surface area contributed by atoms with Gasteiger partial charge in [-0.25, -0.2) is 4.98 Å². The molecule has 0 aliphatic carbocycles. The van der Waals surface area contributed by atoms with E-state index in [0.717, 1.165) is 10.0 Å². The van der Waals surface area contributed by atoms with Crippen LogP contribution in [0.1, 0.15) is 18.4 Å². The maximum atomic E-state index is 12.0. The molecule has 0 aromatic carbocycles. The van der Waals surface area contributed by atoms with Crippen molar-refractivity contribution in [1.29, 1.82) is 0 Å². The number of hydrogen-bond acceptors (Lipinski definition) is 3. The lowest BCUT2D eigenvalue weighted by Crippen LogP contribution is -2.40. The van der Waals surface area contributed by atoms with E-state index in [9.17, 15) is 9.59 Å². The minimum atomic E-state index is -0.174. The Hall–Kier alpha value is -1.43. The van der Waals surface area contributed by atoms with E-state index in [1.165, 1.54) is 0 Å². The van der Waals surface area contributed by atoms with Crippen LogP contribution in [0.2, 0.25) is 0 Å². The SMILES string of the molecule is Cc1cc(Br)cnc1NC(=O)C1CCC(=O)NC1. The standard InChI is InChI=1S/C12H14BrN3O2/c1-7-4-9(13)6-15-11(7)16-12(18)8-2-3-10(17)14-5-8/h4,6,8H,2-3,5H2,1H3,(H,14,17)(H,15,16,18). The second-order valence-corrected chi connectivity index (χ2v) is 5.26. The molecule has 2 amide bonds. The van der Waals surface area contributed by atoms with Gasteiger partial charge in [0.05, 0.1) is 5.92 Å². The molecule has 0 radical (unpaired) electrons. The van der Waals surface area contributed by atoms with Crippen LogP contribution in [0.15, 0.2) is 16.7 Å². The summed E-state index contributed by atoms with van der Waals surface area (Å²) < 4.78 is 0.878. The third-order valence-corrected chi connectivity index (χ3v) is 3.36. The molecule has 1 atom stereocenters. The van der Waals surface area contributed by atoms with Gasteiger partial charge in [-0.15, -0.1) is 0 Å². The lowest BCUT2D eigenvalue weighted by Gasteiger charge is -2.21. The first kappa shape index (κ1) is 13.0. The number of aryl methyl sites for hydroxylation is 1. The van der Waals surface area contributed by atoms with Crippen LogP contribution in [0.25, 0.3) is 0 Å². The Morgan fingerprint density at radius 1 is 1.61 bits per heavy atom. The molecule has 2 N–H and O–H groups in total. The van der Waals surface area contributed by atoms with Gasteiger partial charge in [0.25, 0.3) is 0 Å². The second-order valence-electron chi connectivity index (χ2n) is 4.35. The Morgan fingerprint density at radius 3 is 3.00 bits per heavy atom. The highest BCUT2D eigenvalue weighted by atomic mass is 79.9. The fraction of sp³-hybridized carbons (Fsp3) is 0.417. The highest BCUT2D eigenvalue weighted by Gasteiger charge is 2.24. The molecule has 1 fully saturated rings. The van der Waals surface area contributed by atoms with Crippen LogP contribution in [0, 0.1) is 12.8 Å². The molecule has 2 heterocycles. The Balaban J connectivity index is 2.00. The van der Waals surface area contributed by atoms with Crippen LogP contribution in [-0.2, 0) is 9.59 Å². The van der Waals surface area contributed by atoms with Crippen LogP contribution in [0.4, 0.5) is 5.82 Å². The molecule has 0 bridgehead atoms. The van der Waals surface area contributed by atoms with Crippen molar-refractivity contribution in [3.8, 4) is 0 Å². The monoisotopic (exact) mass is 311 g/mol. The maximum Gasteiger partial charge on any atom is 0.230 e. The molecular weight excluding hydrogens is 298 g/mol. The summed E-state index contributed by atoms with van der Waals surface area (Å²) in [6, 6.07) is 1.89. The molecule has 2 rings (SSSR count). The summed E-state index contributed by atoms with van der Waals surface area (Å²) in [5.41, 5.74) is 0.901. The van der Waals surface area contributed by atoms with Crippen molar-refractivity contribution in [2.75, 3.05) is 11.9 Å². The number of halogens is 1. The Bertz CT molecular complexity index is 480. The maximum absolute atomic E-state index is 12.0. The number of rotatable bonds is 2. The summed E-state index contributed by atoms with van der Waals surface area (Å²) >= 11 is 3.32. The molecule has 1 aromatic heterocycles. The van der Waals surface area contributed by atoms with Gasteiger partial charge in [0.15, 0.2) is 0 Å². The van der Waals surface area contributed by atoms with Gasteiger partial charge >= 0.3 is 0 Å². The fourth-order valence-electron chi connectivity index (χ4n) is 1.85. The van der Waals surface area contributed by atoms with Gasteiger partial charge in [-0.3, -0.25) is 9.59 Å². The molecule has 1 aromatic rings. The minimum absolute atomic E-state index is 0.0111. The molecule has 18 heavy (non-hydrogen) atoms. The molecule has 0 spiro atoms. The predicted molar refractivity (Wildman–Crippen MR) is 71.0 cm³/mol. The molecule has 5 nitrogen and oxygen atoms in total. The average Bonchev–Trinajstić information content (AvgIpc) is 2.33. The number of piperidine rings is 1. The first-order valence-corrected chi connectivity index (χ1v) is 6.55. The summed E-state index contributed by atoms with van der Waals surface area (Å²) in [5.74, 6) is 0.317. The Labute approximate surface area is 113 Å². The molecular formula is C12H14BrN3O2. The third-order valence-electron chi connectivity index (χ3n) is 2.92. The Kier molecular flexibility index (Phi) is 3.96. The number of carbonyl (C=O) groups is 2. The van der Waals surface area contributed by atoms with E-state index in [0.29, 0.717) is 25.2 Å². The van der Waals surface area contributed by atoms with Gasteiger partial charge in [-0.1, -0.05) is 0 Å². The molecule has 1 unspecified atom stereocenters.